The lowest BCUT2D eigenvalue weighted by Crippen LogP contribution is -2.54. The number of rotatable bonds is 2. The van der Waals surface area contributed by atoms with Crippen LogP contribution in [0, 0.1) is 11.3 Å². The molecule has 1 aliphatic rings. The van der Waals surface area contributed by atoms with Crippen molar-refractivity contribution in [2.75, 3.05) is 31.1 Å². The van der Waals surface area contributed by atoms with Crippen molar-refractivity contribution in [1.82, 2.24) is 4.90 Å². The minimum atomic E-state index is -4.17. The highest BCUT2D eigenvalue weighted by Gasteiger charge is 2.35. The lowest BCUT2D eigenvalue weighted by molar-refractivity contribution is -0.150. The second-order valence-corrected chi connectivity index (χ2v) is 5.56. The molecule has 1 fully saturated rings. The number of anilines is 1. The van der Waals surface area contributed by atoms with Crippen molar-refractivity contribution in [2.24, 2.45) is 0 Å². The second-order valence-electron chi connectivity index (χ2n) is 5.16. The summed E-state index contributed by atoms with van der Waals surface area (Å²) in [4.78, 5) is 3.42. The van der Waals surface area contributed by atoms with Crippen LogP contribution in [0.15, 0.2) is 18.2 Å². The van der Waals surface area contributed by atoms with Gasteiger partial charge >= 0.3 is 6.18 Å². The Morgan fingerprint density at radius 2 is 2.10 bits per heavy atom. The Morgan fingerprint density at radius 1 is 1.38 bits per heavy atom. The second kappa shape index (κ2) is 6.12. The van der Waals surface area contributed by atoms with Gasteiger partial charge in [-0.1, -0.05) is 11.6 Å². The Bertz CT molecular complexity index is 553. The zero-order valence-electron chi connectivity index (χ0n) is 11.5. The summed E-state index contributed by atoms with van der Waals surface area (Å²) in [6.07, 6.45) is -4.17. The minimum absolute atomic E-state index is 0.199. The first kappa shape index (κ1) is 15.9. The fraction of sp³-hybridized carbons (Fsp3) is 0.500. The Hall–Kier alpha value is -1.45. The van der Waals surface area contributed by atoms with Gasteiger partial charge in [0, 0.05) is 31.4 Å². The normalized spacial score (nSPS) is 20.4. The van der Waals surface area contributed by atoms with E-state index in [1.54, 1.807) is 25.1 Å². The number of hydrogen-bond donors (Lipinski definition) is 0. The highest BCUT2D eigenvalue weighted by Crippen LogP contribution is 2.26. The summed E-state index contributed by atoms with van der Waals surface area (Å²) in [7, 11) is 0. The quantitative estimate of drug-likeness (QED) is 0.838. The summed E-state index contributed by atoms with van der Waals surface area (Å²) >= 11 is 5.99. The molecule has 21 heavy (non-hydrogen) atoms. The van der Waals surface area contributed by atoms with Crippen molar-refractivity contribution in [3.05, 3.63) is 28.8 Å². The molecule has 0 radical (unpaired) electrons. The largest absolute Gasteiger partial charge is 0.401 e. The van der Waals surface area contributed by atoms with Crippen molar-refractivity contribution in [2.45, 2.75) is 19.1 Å². The third-order valence-electron chi connectivity index (χ3n) is 3.59. The molecule has 1 unspecified atom stereocenters. The van der Waals surface area contributed by atoms with Crippen molar-refractivity contribution in [3.63, 3.8) is 0 Å². The molecule has 1 aromatic carbocycles. The fourth-order valence-corrected chi connectivity index (χ4v) is 2.70. The van der Waals surface area contributed by atoms with Crippen LogP contribution in [-0.2, 0) is 0 Å². The van der Waals surface area contributed by atoms with E-state index in [0.29, 0.717) is 30.2 Å². The van der Waals surface area contributed by atoms with Crippen molar-refractivity contribution < 1.29 is 13.2 Å². The molecule has 0 aliphatic carbocycles. The smallest absolute Gasteiger partial charge is 0.369 e. The van der Waals surface area contributed by atoms with Crippen LogP contribution >= 0.6 is 11.6 Å². The molecule has 0 saturated carbocycles. The minimum Gasteiger partial charge on any atom is -0.369 e. The summed E-state index contributed by atoms with van der Waals surface area (Å²) in [5, 5.41) is 9.20. The van der Waals surface area contributed by atoms with E-state index >= 15 is 0 Å². The Balaban J connectivity index is 2.06. The van der Waals surface area contributed by atoms with E-state index in [1.165, 1.54) is 4.90 Å². The van der Waals surface area contributed by atoms with Crippen LogP contribution in [0.4, 0.5) is 18.9 Å². The Kier molecular flexibility index (Phi) is 4.64. The molecule has 0 spiro atoms. The molecule has 1 heterocycles. The van der Waals surface area contributed by atoms with Crippen LogP contribution < -0.4 is 4.90 Å². The average Bonchev–Trinajstić information content (AvgIpc) is 2.39. The summed E-state index contributed by atoms with van der Waals surface area (Å²) in [6.45, 7) is 2.25. The van der Waals surface area contributed by atoms with Crippen LogP contribution in [0.5, 0.6) is 0 Å². The van der Waals surface area contributed by atoms with Gasteiger partial charge in [-0.25, -0.2) is 0 Å². The van der Waals surface area contributed by atoms with Gasteiger partial charge in [0.15, 0.2) is 0 Å². The van der Waals surface area contributed by atoms with Crippen LogP contribution in [0.25, 0.3) is 0 Å². The zero-order chi connectivity index (χ0) is 15.6. The van der Waals surface area contributed by atoms with E-state index in [1.807, 2.05) is 11.0 Å². The van der Waals surface area contributed by atoms with E-state index in [4.69, 9.17) is 16.9 Å². The van der Waals surface area contributed by atoms with Gasteiger partial charge in [-0.2, -0.15) is 18.4 Å². The van der Waals surface area contributed by atoms with E-state index in [9.17, 15) is 13.2 Å². The SMILES string of the molecule is CC1CN(c2ccc(C#N)c(Cl)c2)CCN1CC(F)(F)F. The number of alkyl halides is 3. The molecule has 1 atom stereocenters. The molecule has 1 saturated heterocycles. The van der Waals surface area contributed by atoms with Gasteiger partial charge in [0.2, 0.25) is 0 Å². The molecule has 0 N–H and O–H groups in total. The fourth-order valence-electron chi connectivity index (χ4n) is 2.49. The van der Waals surface area contributed by atoms with Gasteiger partial charge in [0.05, 0.1) is 17.1 Å². The first-order chi connectivity index (χ1) is 9.80. The number of nitrogens with zero attached hydrogens (tertiary/aromatic N) is 3. The zero-order valence-corrected chi connectivity index (χ0v) is 12.2. The summed E-state index contributed by atoms with van der Waals surface area (Å²) < 4.78 is 37.4. The lowest BCUT2D eigenvalue weighted by Gasteiger charge is -2.41. The summed E-state index contributed by atoms with van der Waals surface area (Å²) in [5.41, 5.74) is 1.22. The molecular weight excluding hydrogens is 303 g/mol. The number of piperazine rings is 1. The van der Waals surface area contributed by atoms with E-state index in [0.717, 1.165) is 5.69 Å². The topological polar surface area (TPSA) is 30.3 Å². The Morgan fingerprint density at radius 3 is 2.62 bits per heavy atom. The van der Waals surface area contributed by atoms with Crippen molar-refractivity contribution >= 4 is 17.3 Å². The lowest BCUT2D eigenvalue weighted by atomic mass is 10.1. The molecule has 3 nitrogen and oxygen atoms in total. The van der Waals surface area contributed by atoms with Gasteiger partial charge in [-0.3, -0.25) is 4.90 Å². The number of halogens is 4. The summed E-state index contributed by atoms with van der Waals surface area (Å²) in [5.74, 6) is 0. The average molecular weight is 318 g/mol. The third-order valence-corrected chi connectivity index (χ3v) is 3.90. The highest BCUT2D eigenvalue weighted by atomic mass is 35.5. The van der Waals surface area contributed by atoms with E-state index in [2.05, 4.69) is 0 Å². The molecule has 114 valence electrons. The molecule has 0 aromatic heterocycles. The number of benzene rings is 1. The Labute approximate surface area is 126 Å². The van der Waals surface area contributed by atoms with E-state index < -0.39 is 12.7 Å². The number of nitriles is 1. The van der Waals surface area contributed by atoms with Crippen LogP contribution in [0.1, 0.15) is 12.5 Å². The predicted molar refractivity (Wildman–Crippen MR) is 75.5 cm³/mol. The van der Waals surface area contributed by atoms with Gasteiger partial charge in [0.1, 0.15) is 6.07 Å². The monoisotopic (exact) mass is 317 g/mol. The highest BCUT2D eigenvalue weighted by molar-refractivity contribution is 6.32. The molecule has 1 aromatic rings. The van der Waals surface area contributed by atoms with Gasteiger partial charge in [0.25, 0.3) is 0 Å². The van der Waals surface area contributed by atoms with Crippen LogP contribution in [0.3, 0.4) is 0 Å². The molecule has 7 heteroatoms. The van der Waals surface area contributed by atoms with Crippen molar-refractivity contribution in [1.29, 1.82) is 5.26 Å². The van der Waals surface area contributed by atoms with Crippen molar-refractivity contribution in [3.8, 4) is 6.07 Å². The maximum Gasteiger partial charge on any atom is 0.401 e. The molecule has 0 bridgehead atoms. The predicted octanol–water partition coefficient (Wildman–Crippen LogP) is 3.28. The number of hydrogen-bond acceptors (Lipinski definition) is 3. The maximum atomic E-state index is 12.5. The van der Waals surface area contributed by atoms with Crippen LogP contribution in [0.2, 0.25) is 5.02 Å². The standard InChI is InChI=1S/C14H15ClF3N3/c1-10-8-20(4-5-21(10)9-14(16,17)18)12-3-2-11(7-19)13(15)6-12/h2-3,6,10H,4-5,8-9H2,1H3. The molecule has 1 aliphatic heterocycles. The maximum absolute atomic E-state index is 12.5. The summed E-state index contributed by atoms with van der Waals surface area (Å²) in [6, 6.07) is 6.87. The van der Waals surface area contributed by atoms with Gasteiger partial charge in [-0.05, 0) is 25.1 Å². The van der Waals surface area contributed by atoms with Gasteiger partial charge < -0.3 is 4.90 Å². The van der Waals surface area contributed by atoms with E-state index in [-0.39, 0.29) is 6.04 Å². The molecule has 2 rings (SSSR count). The first-order valence-electron chi connectivity index (χ1n) is 6.55. The van der Waals surface area contributed by atoms with Gasteiger partial charge in [-0.15, -0.1) is 0 Å². The molecule has 0 amide bonds. The van der Waals surface area contributed by atoms with Crippen LogP contribution in [-0.4, -0.2) is 43.3 Å². The first-order valence-corrected chi connectivity index (χ1v) is 6.93. The third kappa shape index (κ3) is 4.02. The molecular formula is C14H15ClF3N3.